The number of aryl methyl sites for hydroxylation is 1. The third-order valence-electron chi connectivity index (χ3n) is 4.86. The molecule has 1 N–H and O–H groups in total. The Morgan fingerprint density at radius 3 is 2.62 bits per heavy atom. The van der Waals surface area contributed by atoms with Gasteiger partial charge in [-0.15, -0.1) is 0 Å². The van der Waals surface area contributed by atoms with Crippen LogP contribution in [0.3, 0.4) is 0 Å². The lowest BCUT2D eigenvalue weighted by molar-refractivity contribution is -0.112. The van der Waals surface area contributed by atoms with Gasteiger partial charge in [0.2, 0.25) is 0 Å². The molecule has 0 spiro atoms. The fourth-order valence-corrected chi connectivity index (χ4v) is 3.74. The van der Waals surface area contributed by atoms with Crippen LogP contribution in [0.2, 0.25) is 5.02 Å². The highest BCUT2D eigenvalue weighted by Crippen LogP contribution is 2.26. The summed E-state index contributed by atoms with van der Waals surface area (Å²) in [7, 11) is 0. The normalized spacial score (nSPS) is 17.8. The predicted octanol–water partition coefficient (Wildman–Crippen LogP) is 6.17. The van der Waals surface area contributed by atoms with Crippen molar-refractivity contribution < 1.29 is 4.79 Å². The van der Waals surface area contributed by atoms with Gasteiger partial charge in [-0.1, -0.05) is 61.7 Å². The van der Waals surface area contributed by atoms with Crippen LogP contribution in [0.5, 0.6) is 0 Å². The van der Waals surface area contributed by atoms with Gasteiger partial charge in [0.25, 0.3) is 0 Å². The van der Waals surface area contributed by atoms with Crippen LogP contribution in [0.4, 0.5) is 0 Å². The second-order valence-corrected chi connectivity index (χ2v) is 7.41. The monoisotopic (exact) mass is 371 g/mol. The van der Waals surface area contributed by atoms with Gasteiger partial charge in [-0.3, -0.25) is 4.79 Å². The zero-order chi connectivity index (χ0) is 19.1. The maximum atomic E-state index is 13.2. The Kier molecular flexibility index (Phi) is 7.71. The third kappa shape index (κ3) is 5.35. The number of hydrogen-bond donors (Lipinski definition) is 1. The number of allylic oxidation sites excluding steroid dienone is 5. The molecule has 1 aromatic carbocycles. The summed E-state index contributed by atoms with van der Waals surface area (Å²) < 4.78 is 0. The number of rotatable bonds is 8. The lowest BCUT2D eigenvalue weighted by Crippen LogP contribution is -2.28. The smallest absolute Gasteiger partial charge is 0.190 e. The number of carbonyl (C=O) groups excluding carboxylic acids is 1. The van der Waals surface area contributed by atoms with Gasteiger partial charge < -0.3 is 5.32 Å². The Hall–Kier alpha value is -1.80. The van der Waals surface area contributed by atoms with Crippen molar-refractivity contribution in [3.8, 4) is 0 Å². The summed E-state index contributed by atoms with van der Waals surface area (Å²) in [5.41, 5.74) is 5.26. The third-order valence-corrected chi connectivity index (χ3v) is 5.09. The first-order valence-electron chi connectivity index (χ1n) is 9.61. The molecule has 1 heterocycles. The van der Waals surface area contributed by atoms with Crippen molar-refractivity contribution >= 4 is 17.4 Å². The molecule has 0 amide bonds. The van der Waals surface area contributed by atoms with E-state index in [9.17, 15) is 4.79 Å². The molecule has 0 aliphatic carbocycles. The number of ketones is 1. The molecule has 0 radical (unpaired) electrons. The Morgan fingerprint density at radius 1 is 1.23 bits per heavy atom. The molecule has 1 aromatic rings. The van der Waals surface area contributed by atoms with Crippen LogP contribution in [0.1, 0.15) is 58.9 Å². The van der Waals surface area contributed by atoms with Gasteiger partial charge in [0.05, 0.1) is 0 Å². The fourth-order valence-electron chi connectivity index (χ4n) is 3.53. The minimum absolute atomic E-state index is 0.176. The Bertz CT molecular complexity index is 742. The molecule has 0 saturated carbocycles. The second kappa shape index (κ2) is 9.78. The number of benzene rings is 1. The van der Waals surface area contributed by atoms with Gasteiger partial charge in [-0.05, 0) is 62.8 Å². The van der Waals surface area contributed by atoms with Crippen LogP contribution in [-0.4, -0.2) is 11.8 Å². The number of hydrogen-bond acceptors (Lipinski definition) is 2. The van der Waals surface area contributed by atoms with E-state index in [4.69, 9.17) is 11.6 Å². The van der Waals surface area contributed by atoms with Gasteiger partial charge in [0.1, 0.15) is 0 Å². The molecule has 2 nitrogen and oxygen atoms in total. The van der Waals surface area contributed by atoms with E-state index in [2.05, 4.69) is 38.2 Å². The maximum absolute atomic E-state index is 13.2. The number of carbonyl (C=O) groups is 1. The summed E-state index contributed by atoms with van der Waals surface area (Å²) in [6, 6.07) is 8.28. The van der Waals surface area contributed by atoms with E-state index in [0.717, 1.165) is 54.0 Å². The largest absolute Gasteiger partial charge is 0.382 e. The van der Waals surface area contributed by atoms with E-state index in [0.29, 0.717) is 0 Å². The first kappa shape index (κ1) is 20.5. The van der Waals surface area contributed by atoms with Crippen molar-refractivity contribution in [3.05, 3.63) is 69.4 Å². The highest BCUT2D eigenvalue weighted by molar-refractivity contribution is 6.30. The average Bonchev–Trinajstić information content (AvgIpc) is 2.60. The van der Waals surface area contributed by atoms with Gasteiger partial charge in [0.15, 0.2) is 5.78 Å². The Morgan fingerprint density at radius 2 is 2.00 bits per heavy atom. The number of Topliss-reactive ketones (excluding diaryl/α,β-unsaturated/α-hetero) is 1. The molecule has 0 saturated heterocycles. The molecule has 1 aliphatic heterocycles. The Labute approximate surface area is 163 Å². The number of halogens is 1. The summed E-state index contributed by atoms with van der Waals surface area (Å²) in [6.45, 7) is 8.34. The summed E-state index contributed by atoms with van der Waals surface area (Å²) in [5, 5.41) is 4.13. The van der Waals surface area contributed by atoms with Crippen LogP contribution in [0.25, 0.3) is 0 Å². The van der Waals surface area contributed by atoms with Gasteiger partial charge in [0, 0.05) is 22.3 Å². The van der Waals surface area contributed by atoms with Crippen molar-refractivity contribution in [2.24, 2.45) is 0 Å². The van der Waals surface area contributed by atoms with E-state index in [1.54, 1.807) is 0 Å². The maximum Gasteiger partial charge on any atom is 0.190 e. The lowest BCUT2D eigenvalue weighted by atomic mass is 9.89. The molecule has 1 atom stereocenters. The standard InChI is InChI=1S/C23H30ClNO/c1-5-8-19(13-12-18-9-7-10-20(24)15-18)21(6-2)23(26)22-14-11-16(3)25-17(22)4/h7,9-11,14-16,25H,5-6,8,12-13H2,1-4H3/b21-19-. The highest BCUT2D eigenvalue weighted by Gasteiger charge is 2.20. The van der Waals surface area contributed by atoms with Gasteiger partial charge in [-0.25, -0.2) is 0 Å². The van der Waals surface area contributed by atoms with Crippen LogP contribution >= 0.6 is 11.6 Å². The molecular formula is C23H30ClNO. The van der Waals surface area contributed by atoms with Crippen LogP contribution in [0.15, 0.2) is 58.8 Å². The topological polar surface area (TPSA) is 29.1 Å². The molecule has 140 valence electrons. The summed E-state index contributed by atoms with van der Waals surface area (Å²) in [6.07, 6.45) is 8.64. The molecule has 0 fully saturated rings. The summed E-state index contributed by atoms with van der Waals surface area (Å²) in [5.74, 6) is 0.176. The van der Waals surface area contributed by atoms with Crippen molar-refractivity contribution in [3.63, 3.8) is 0 Å². The molecule has 0 aromatic heterocycles. The molecule has 26 heavy (non-hydrogen) atoms. The van der Waals surface area contributed by atoms with Gasteiger partial charge >= 0.3 is 0 Å². The molecule has 1 unspecified atom stereocenters. The second-order valence-electron chi connectivity index (χ2n) is 6.98. The Balaban J connectivity index is 2.26. The van der Waals surface area contributed by atoms with Crippen LogP contribution < -0.4 is 5.32 Å². The highest BCUT2D eigenvalue weighted by atomic mass is 35.5. The van der Waals surface area contributed by atoms with Gasteiger partial charge in [-0.2, -0.15) is 0 Å². The van der Waals surface area contributed by atoms with Crippen molar-refractivity contribution in [1.82, 2.24) is 5.32 Å². The molecular weight excluding hydrogens is 342 g/mol. The number of dihydropyridines is 1. The van der Waals surface area contributed by atoms with E-state index in [-0.39, 0.29) is 11.8 Å². The first-order valence-corrected chi connectivity index (χ1v) is 9.99. The average molecular weight is 372 g/mol. The fraction of sp³-hybridized carbons (Fsp3) is 0.435. The van der Waals surface area contributed by atoms with Crippen molar-refractivity contribution in [2.75, 3.05) is 0 Å². The lowest BCUT2D eigenvalue weighted by Gasteiger charge is -2.21. The minimum Gasteiger partial charge on any atom is -0.382 e. The molecule has 2 rings (SSSR count). The quantitative estimate of drug-likeness (QED) is 0.553. The van der Waals surface area contributed by atoms with Crippen molar-refractivity contribution in [1.29, 1.82) is 0 Å². The van der Waals surface area contributed by atoms with Crippen LogP contribution in [-0.2, 0) is 11.2 Å². The summed E-state index contributed by atoms with van der Waals surface area (Å²) in [4.78, 5) is 13.2. The predicted molar refractivity (Wildman–Crippen MR) is 111 cm³/mol. The zero-order valence-electron chi connectivity index (χ0n) is 16.4. The molecule has 0 bridgehead atoms. The molecule has 1 aliphatic rings. The first-order chi connectivity index (χ1) is 12.5. The van der Waals surface area contributed by atoms with Crippen LogP contribution in [0, 0.1) is 0 Å². The van der Waals surface area contributed by atoms with Crippen molar-refractivity contribution in [2.45, 2.75) is 65.8 Å². The summed E-state index contributed by atoms with van der Waals surface area (Å²) >= 11 is 6.10. The SMILES string of the molecule is CCC/C(CCc1cccc(Cl)c1)=C(\CC)C(=O)C1=C(C)NC(C)C=C1. The zero-order valence-corrected chi connectivity index (χ0v) is 17.1. The molecule has 3 heteroatoms. The van der Waals surface area contributed by atoms with E-state index >= 15 is 0 Å². The number of nitrogens with one attached hydrogen (secondary N) is 1. The minimum atomic E-state index is 0.176. The van der Waals surface area contributed by atoms with E-state index in [1.165, 1.54) is 11.1 Å². The van der Waals surface area contributed by atoms with E-state index < -0.39 is 0 Å². The van der Waals surface area contributed by atoms with E-state index in [1.807, 2.05) is 31.2 Å².